The number of rotatable bonds is 3. The lowest BCUT2D eigenvalue weighted by Crippen LogP contribution is -2.17. The summed E-state index contributed by atoms with van der Waals surface area (Å²) in [5, 5.41) is 9.02. The van der Waals surface area contributed by atoms with Gasteiger partial charge in [-0.1, -0.05) is 0 Å². The fraction of sp³-hybridized carbons (Fsp3) is 0.583. The van der Waals surface area contributed by atoms with Crippen LogP contribution in [-0.2, 0) is 11.3 Å². The number of ether oxygens (including phenoxy) is 1. The highest BCUT2D eigenvalue weighted by molar-refractivity contribution is 5.89. The van der Waals surface area contributed by atoms with Crippen LogP contribution in [0.15, 0.2) is 6.07 Å². The summed E-state index contributed by atoms with van der Waals surface area (Å²) in [6.07, 6.45) is 2.42. The van der Waals surface area contributed by atoms with Gasteiger partial charge in [0.1, 0.15) is 0 Å². The zero-order chi connectivity index (χ0) is 11.7. The van der Waals surface area contributed by atoms with E-state index in [0.717, 1.165) is 37.4 Å². The number of aromatic nitrogens is 1. The van der Waals surface area contributed by atoms with Gasteiger partial charge in [-0.3, -0.25) is 0 Å². The lowest BCUT2D eigenvalue weighted by Gasteiger charge is -2.14. The third kappa shape index (κ3) is 1.97. The first-order valence-corrected chi connectivity index (χ1v) is 5.61. The Balaban J connectivity index is 2.22. The summed E-state index contributed by atoms with van der Waals surface area (Å²) in [5.74, 6) is -0.855. The van der Waals surface area contributed by atoms with Crippen LogP contribution in [0, 0.1) is 13.8 Å². The Morgan fingerprint density at radius 3 is 2.88 bits per heavy atom. The van der Waals surface area contributed by atoms with Gasteiger partial charge >= 0.3 is 5.97 Å². The second-order valence-electron chi connectivity index (χ2n) is 4.34. The average Bonchev–Trinajstić information content (AvgIpc) is 2.81. The van der Waals surface area contributed by atoms with E-state index in [1.165, 1.54) is 0 Å². The lowest BCUT2D eigenvalue weighted by atomic mass is 10.2. The molecule has 4 nitrogen and oxygen atoms in total. The molecule has 0 bridgehead atoms. The van der Waals surface area contributed by atoms with E-state index in [9.17, 15) is 4.79 Å². The topological polar surface area (TPSA) is 51.5 Å². The molecule has 1 unspecified atom stereocenters. The molecule has 1 aliphatic rings. The molecule has 0 aromatic carbocycles. The first kappa shape index (κ1) is 11.2. The third-order valence-corrected chi connectivity index (χ3v) is 3.21. The Hall–Kier alpha value is -1.29. The van der Waals surface area contributed by atoms with Crippen LogP contribution in [-0.4, -0.2) is 28.4 Å². The van der Waals surface area contributed by atoms with Gasteiger partial charge < -0.3 is 14.4 Å². The normalized spacial score (nSPS) is 20.2. The quantitative estimate of drug-likeness (QED) is 0.852. The number of aryl methyl sites for hydroxylation is 1. The maximum atomic E-state index is 11.0. The van der Waals surface area contributed by atoms with Crippen molar-refractivity contribution in [1.29, 1.82) is 0 Å². The van der Waals surface area contributed by atoms with Gasteiger partial charge in [0, 0.05) is 24.5 Å². The van der Waals surface area contributed by atoms with Crippen LogP contribution in [0.3, 0.4) is 0 Å². The van der Waals surface area contributed by atoms with Crippen molar-refractivity contribution >= 4 is 5.97 Å². The molecule has 1 saturated heterocycles. The van der Waals surface area contributed by atoms with E-state index in [-0.39, 0.29) is 6.10 Å². The van der Waals surface area contributed by atoms with Gasteiger partial charge in [-0.05, 0) is 32.8 Å². The van der Waals surface area contributed by atoms with Crippen LogP contribution >= 0.6 is 0 Å². The molecule has 4 heteroatoms. The van der Waals surface area contributed by atoms with E-state index >= 15 is 0 Å². The van der Waals surface area contributed by atoms with E-state index in [2.05, 4.69) is 0 Å². The third-order valence-electron chi connectivity index (χ3n) is 3.21. The minimum atomic E-state index is -0.855. The molecule has 1 aliphatic heterocycles. The SMILES string of the molecule is Cc1cc(C(=O)O)c(C)n1CC1CCCO1. The number of carboxylic acids is 1. The zero-order valence-corrected chi connectivity index (χ0v) is 9.69. The Bertz CT molecular complexity index is 403. The van der Waals surface area contributed by atoms with Crippen molar-refractivity contribution in [3.63, 3.8) is 0 Å². The van der Waals surface area contributed by atoms with Gasteiger partial charge in [0.15, 0.2) is 0 Å². The highest BCUT2D eigenvalue weighted by Crippen LogP contribution is 2.20. The molecule has 1 N–H and O–H groups in total. The first-order chi connectivity index (χ1) is 7.59. The Morgan fingerprint density at radius 1 is 1.62 bits per heavy atom. The molecule has 1 fully saturated rings. The van der Waals surface area contributed by atoms with Crippen molar-refractivity contribution in [2.45, 2.75) is 39.3 Å². The first-order valence-electron chi connectivity index (χ1n) is 5.61. The van der Waals surface area contributed by atoms with Crippen molar-refractivity contribution in [2.75, 3.05) is 6.61 Å². The number of nitrogens with zero attached hydrogens (tertiary/aromatic N) is 1. The number of hydrogen-bond acceptors (Lipinski definition) is 2. The highest BCUT2D eigenvalue weighted by atomic mass is 16.5. The summed E-state index contributed by atoms with van der Waals surface area (Å²) in [6.45, 7) is 5.39. The molecular formula is C12H17NO3. The summed E-state index contributed by atoms with van der Waals surface area (Å²) >= 11 is 0. The van der Waals surface area contributed by atoms with Gasteiger partial charge in [-0.15, -0.1) is 0 Å². The maximum absolute atomic E-state index is 11.0. The van der Waals surface area contributed by atoms with Crippen molar-refractivity contribution in [2.24, 2.45) is 0 Å². The fourth-order valence-corrected chi connectivity index (χ4v) is 2.29. The maximum Gasteiger partial charge on any atom is 0.337 e. The minimum Gasteiger partial charge on any atom is -0.478 e. The number of hydrogen-bond donors (Lipinski definition) is 1. The largest absolute Gasteiger partial charge is 0.478 e. The van der Waals surface area contributed by atoms with Gasteiger partial charge in [0.05, 0.1) is 11.7 Å². The van der Waals surface area contributed by atoms with Crippen LogP contribution in [0.2, 0.25) is 0 Å². The van der Waals surface area contributed by atoms with E-state index in [4.69, 9.17) is 9.84 Å². The van der Waals surface area contributed by atoms with Crippen LogP contribution in [0.4, 0.5) is 0 Å². The molecule has 88 valence electrons. The molecule has 0 saturated carbocycles. The second kappa shape index (κ2) is 4.29. The lowest BCUT2D eigenvalue weighted by molar-refractivity contribution is 0.0694. The van der Waals surface area contributed by atoms with Gasteiger partial charge in [-0.2, -0.15) is 0 Å². The summed E-state index contributed by atoms with van der Waals surface area (Å²) < 4.78 is 7.61. The van der Waals surface area contributed by atoms with E-state index in [1.54, 1.807) is 6.07 Å². The summed E-state index contributed by atoms with van der Waals surface area (Å²) in [6, 6.07) is 1.73. The Morgan fingerprint density at radius 2 is 2.38 bits per heavy atom. The number of aromatic carboxylic acids is 1. The molecule has 0 spiro atoms. The van der Waals surface area contributed by atoms with Gasteiger partial charge in [0.25, 0.3) is 0 Å². The molecule has 1 aromatic rings. The highest BCUT2D eigenvalue weighted by Gasteiger charge is 2.20. The fourth-order valence-electron chi connectivity index (χ4n) is 2.29. The van der Waals surface area contributed by atoms with E-state index < -0.39 is 5.97 Å². The van der Waals surface area contributed by atoms with Crippen molar-refractivity contribution in [3.8, 4) is 0 Å². The molecule has 16 heavy (non-hydrogen) atoms. The molecule has 0 aliphatic carbocycles. The van der Waals surface area contributed by atoms with Crippen LogP contribution < -0.4 is 0 Å². The van der Waals surface area contributed by atoms with E-state index in [1.807, 2.05) is 18.4 Å². The standard InChI is InChI=1S/C12H17NO3/c1-8-6-11(12(14)15)9(2)13(8)7-10-4-3-5-16-10/h6,10H,3-5,7H2,1-2H3,(H,14,15). The van der Waals surface area contributed by atoms with Crippen molar-refractivity contribution in [1.82, 2.24) is 4.57 Å². The smallest absolute Gasteiger partial charge is 0.337 e. The second-order valence-corrected chi connectivity index (χ2v) is 4.34. The summed E-state index contributed by atoms with van der Waals surface area (Å²) in [5.41, 5.74) is 2.21. The van der Waals surface area contributed by atoms with Crippen molar-refractivity contribution < 1.29 is 14.6 Å². The van der Waals surface area contributed by atoms with Crippen molar-refractivity contribution in [3.05, 3.63) is 23.0 Å². The predicted octanol–water partition coefficient (Wildman–Crippen LogP) is 1.98. The van der Waals surface area contributed by atoms with Crippen LogP contribution in [0.5, 0.6) is 0 Å². The van der Waals surface area contributed by atoms with Gasteiger partial charge in [-0.25, -0.2) is 4.79 Å². The molecule has 2 rings (SSSR count). The molecular weight excluding hydrogens is 206 g/mol. The van der Waals surface area contributed by atoms with Crippen LogP contribution in [0.25, 0.3) is 0 Å². The Kier molecular flexibility index (Phi) is 3.01. The molecule has 1 atom stereocenters. The number of carboxylic acid groups (broad SMARTS) is 1. The van der Waals surface area contributed by atoms with E-state index in [0.29, 0.717) is 5.56 Å². The minimum absolute atomic E-state index is 0.242. The summed E-state index contributed by atoms with van der Waals surface area (Å²) in [7, 11) is 0. The molecule has 1 aromatic heterocycles. The monoisotopic (exact) mass is 223 g/mol. The van der Waals surface area contributed by atoms with Gasteiger partial charge in [0.2, 0.25) is 0 Å². The molecule has 2 heterocycles. The Labute approximate surface area is 94.8 Å². The van der Waals surface area contributed by atoms with Crippen LogP contribution in [0.1, 0.15) is 34.6 Å². The predicted molar refractivity (Wildman–Crippen MR) is 59.8 cm³/mol. The average molecular weight is 223 g/mol. The molecule has 0 amide bonds. The number of carbonyl (C=O) groups is 1. The zero-order valence-electron chi connectivity index (χ0n) is 9.69. The molecule has 0 radical (unpaired) electrons. The summed E-state index contributed by atoms with van der Waals surface area (Å²) in [4.78, 5) is 11.0.